The number of hydrogen-bond acceptors (Lipinski definition) is 15. The smallest absolute Gasteiger partial charge is 0.335 e. The van der Waals surface area contributed by atoms with Gasteiger partial charge in [0.2, 0.25) is 0 Å². The third-order valence-corrected chi connectivity index (χ3v) is 5.67. The quantitative estimate of drug-likeness (QED) is 0.166. The molecule has 0 amide bonds. The Labute approximate surface area is 185 Å². The van der Waals surface area contributed by atoms with E-state index in [9.17, 15) is 55.9 Å². The monoisotopic (exact) mass is 488 g/mol. The summed E-state index contributed by atoms with van der Waals surface area (Å²) in [6.45, 7) is -1.29. The summed E-state index contributed by atoms with van der Waals surface area (Å²) in [6, 6.07) is 0. The van der Waals surface area contributed by atoms with E-state index >= 15 is 0 Å². The van der Waals surface area contributed by atoms with Crippen LogP contribution in [0.5, 0.6) is 0 Å². The summed E-state index contributed by atoms with van der Waals surface area (Å²) in [5, 5.41) is 98.8. The van der Waals surface area contributed by atoms with E-state index in [4.69, 9.17) is 23.7 Å². The second kappa shape index (κ2) is 10.7. The van der Waals surface area contributed by atoms with Crippen LogP contribution in [0, 0.1) is 0 Å². The molecule has 0 aromatic carbocycles. The zero-order chi connectivity index (χ0) is 24.6. The molecule has 0 bridgehead atoms. The number of carboxylic acids is 1. The summed E-state index contributed by atoms with van der Waals surface area (Å²) < 4.78 is 25.9. The van der Waals surface area contributed by atoms with Crippen LogP contribution in [0.1, 0.15) is 0 Å². The Morgan fingerprint density at radius 3 is 1.97 bits per heavy atom. The van der Waals surface area contributed by atoms with Gasteiger partial charge in [-0.05, 0) is 0 Å². The van der Waals surface area contributed by atoms with E-state index in [1.54, 1.807) is 0 Å². The Morgan fingerprint density at radius 1 is 0.758 bits per heavy atom. The number of carboxylic acid groups (broad SMARTS) is 1. The summed E-state index contributed by atoms with van der Waals surface area (Å²) in [4.78, 5) is 11.4. The molecule has 3 fully saturated rings. The normalized spacial score (nSPS) is 51.3. The molecule has 3 aliphatic rings. The molecule has 16 nitrogen and oxygen atoms in total. The summed E-state index contributed by atoms with van der Waals surface area (Å²) in [5.41, 5.74) is 0. The van der Waals surface area contributed by atoms with Gasteiger partial charge in [0, 0.05) is 0 Å². The van der Waals surface area contributed by atoms with E-state index in [0.29, 0.717) is 0 Å². The SMILES string of the molecule is O=C(O)C1O[C@@H](O)C(O[C@@H]2OC(CO)[C@H](O)[C@H](O)C2O)[C@@H](O[C@@H]2OC[C@@H](O)[C@H](O)C2O)[C@@H]1O. The lowest BCUT2D eigenvalue weighted by Gasteiger charge is -2.47. The van der Waals surface area contributed by atoms with Crippen molar-refractivity contribution in [1.82, 2.24) is 0 Å². The van der Waals surface area contributed by atoms with Crippen LogP contribution >= 0.6 is 0 Å². The van der Waals surface area contributed by atoms with Gasteiger partial charge in [-0.2, -0.15) is 0 Å². The van der Waals surface area contributed by atoms with Gasteiger partial charge in [0.1, 0.15) is 61.0 Å². The molecule has 14 atom stereocenters. The van der Waals surface area contributed by atoms with E-state index in [1.165, 1.54) is 0 Å². The van der Waals surface area contributed by atoms with Crippen molar-refractivity contribution in [3.63, 3.8) is 0 Å². The molecule has 3 aliphatic heterocycles. The number of hydrogen-bond donors (Lipinski definition) is 10. The van der Waals surface area contributed by atoms with Crippen LogP contribution < -0.4 is 0 Å². The van der Waals surface area contributed by atoms with E-state index in [-0.39, 0.29) is 0 Å². The number of rotatable bonds is 6. The van der Waals surface area contributed by atoms with Gasteiger partial charge in [-0.15, -0.1) is 0 Å². The molecule has 3 heterocycles. The zero-order valence-electron chi connectivity index (χ0n) is 16.9. The third kappa shape index (κ3) is 5.29. The molecule has 0 aromatic rings. The highest BCUT2D eigenvalue weighted by molar-refractivity contribution is 5.73. The molecule has 0 radical (unpaired) electrons. The van der Waals surface area contributed by atoms with Crippen molar-refractivity contribution in [3.05, 3.63) is 0 Å². The maximum atomic E-state index is 11.4. The first-order valence-corrected chi connectivity index (χ1v) is 9.99. The first-order valence-electron chi connectivity index (χ1n) is 9.99. The van der Waals surface area contributed by atoms with Crippen LogP contribution in [-0.2, 0) is 28.5 Å². The van der Waals surface area contributed by atoms with Crippen molar-refractivity contribution < 1.29 is 79.5 Å². The first kappa shape index (κ1) is 26.5. The van der Waals surface area contributed by atoms with Crippen LogP contribution in [0.2, 0.25) is 0 Å². The molecule has 0 saturated carbocycles. The molecule has 3 rings (SSSR count). The highest BCUT2D eigenvalue weighted by Gasteiger charge is 2.54. The fourth-order valence-corrected chi connectivity index (χ4v) is 3.73. The lowest BCUT2D eigenvalue weighted by molar-refractivity contribution is -0.379. The van der Waals surface area contributed by atoms with Crippen LogP contribution in [0.3, 0.4) is 0 Å². The van der Waals surface area contributed by atoms with Gasteiger partial charge < -0.3 is 74.7 Å². The fourth-order valence-electron chi connectivity index (χ4n) is 3.73. The van der Waals surface area contributed by atoms with E-state index in [0.717, 1.165) is 0 Å². The molecule has 33 heavy (non-hydrogen) atoms. The Hall–Kier alpha value is -1.09. The van der Waals surface area contributed by atoms with Crippen LogP contribution in [0.25, 0.3) is 0 Å². The van der Waals surface area contributed by atoms with Crippen molar-refractivity contribution in [2.24, 2.45) is 0 Å². The Kier molecular flexibility index (Phi) is 8.57. The first-order chi connectivity index (χ1) is 15.5. The third-order valence-electron chi connectivity index (χ3n) is 5.67. The van der Waals surface area contributed by atoms with Gasteiger partial charge >= 0.3 is 5.97 Å². The van der Waals surface area contributed by atoms with Crippen molar-refractivity contribution in [2.75, 3.05) is 13.2 Å². The van der Waals surface area contributed by atoms with E-state index in [1.807, 2.05) is 0 Å². The average Bonchev–Trinajstić information content (AvgIpc) is 2.77. The van der Waals surface area contributed by atoms with Crippen LogP contribution in [0.4, 0.5) is 0 Å². The molecule has 0 aromatic heterocycles. The van der Waals surface area contributed by atoms with Crippen LogP contribution in [-0.4, -0.2) is 156 Å². The molecule has 0 aliphatic carbocycles. The standard InChI is InChI=1S/C17H28O16/c18-1-4-6(21)7(22)9(24)17(30-4)33-13-11(10(25)12(14(26)27)31-15(13)28)32-16-8(23)5(20)3(19)2-29-16/h3-13,15-25,28H,1-2H2,(H,26,27)/t3-,4?,5+,6+,7+,8?,9?,10+,11+,12?,13?,15-,16+,17+/m1/s1. The van der Waals surface area contributed by atoms with Crippen molar-refractivity contribution in [1.29, 1.82) is 0 Å². The highest BCUT2D eigenvalue weighted by Crippen LogP contribution is 2.32. The Morgan fingerprint density at radius 2 is 1.36 bits per heavy atom. The zero-order valence-corrected chi connectivity index (χ0v) is 16.9. The van der Waals surface area contributed by atoms with Crippen molar-refractivity contribution >= 4 is 5.97 Å². The second-order valence-corrected chi connectivity index (χ2v) is 7.93. The average molecular weight is 488 g/mol. The minimum atomic E-state index is -2.12. The largest absolute Gasteiger partial charge is 0.479 e. The second-order valence-electron chi connectivity index (χ2n) is 7.93. The van der Waals surface area contributed by atoms with Crippen molar-refractivity contribution in [2.45, 2.75) is 86.0 Å². The predicted octanol–water partition coefficient (Wildman–Crippen LogP) is -6.84. The number of aliphatic carboxylic acids is 1. The predicted molar refractivity (Wildman–Crippen MR) is 95.8 cm³/mol. The van der Waals surface area contributed by atoms with Gasteiger partial charge in [0.15, 0.2) is 25.0 Å². The van der Waals surface area contributed by atoms with E-state index in [2.05, 4.69) is 0 Å². The van der Waals surface area contributed by atoms with E-state index < -0.39 is 105 Å². The minimum Gasteiger partial charge on any atom is -0.479 e. The number of carbonyl (C=O) groups is 1. The van der Waals surface area contributed by atoms with Crippen molar-refractivity contribution in [3.8, 4) is 0 Å². The van der Waals surface area contributed by atoms with Crippen LogP contribution in [0.15, 0.2) is 0 Å². The fraction of sp³-hybridized carbons (Fsp3) is 0.941. The van der Waals surface area contributed by atoms with Gasteiger partial charge in [-0.3, -0.25) is 0 Å². The highest BCUT2D eigenvalue weighted by atomic mass is 16.8. The number of aliphatic hydroxyl groups is 9. The topological polar surface area (TPSA) is 266 Å². The summed E-state index contributed by atoms with van der Waals surface area (Å²) >= 11 is 0. The summed E-state index contributed by atoms with van der Waals surface area (Å²) in [7, 11) is 0. The van der Waals surface area contributed by atoms with Gasteiger partial charge in [0.25, 0.3) is 0 Å². The minimum absolute atomic E-state index is 0.495. The summed E-state index contributed by atoms with van der Waals surface area (Å²) in [5.74, 6) is -1.69. The molecule has 3 saturated heterocycles. The van der Waals surface area contributed by atoms with Gasteiger partial charge in [0.05, 0.1) is 13.2 Å². The lowest BCUT2D eigenvalue weighted by Crippen LogP contribution is -2.66. The molecule has 16 heteroatoms. The molecule has 192 valence electrons. The lowest BCUT2D eigenvalue weighted by atomic mass is 9.96. The Bertz CT molecular complexity index is 663. The Balaban J connectivity index is 1.83. The molecular weight excluding hydrogens is 460 g/mol. The molecule has 5 unspecified atom stereocenters. The maximum Gasteiger partial charge on any atom is 0.335 e. The number of aliphatic hydroxyl groups excluding tert-OH is 9. The molecule has 0 spiro atoms. The maximum absolute atomic E-state index is 11.4. The van der Waals surface area contributed by atoms with Gasteiger partial charge in [-0.25, -0.2) is 4.79 Å². The summed E-state index contributed by atoms with van der Waals surface area (Å²) in [6.07, 6.45) is -25.3. The molecule has 10 N–H and O–H groups in total. The van der Waals surface area contributed by atoms with Gasteiger partial charge in [-0.1, -0.05) is 0 Å². The molecular formula is C17H28O16. The number of ether oxygens (including phenoxy) is 5.